The predicted molar refractivity (Wildman–Crippen MR) is 458 cm³/mol. The van der Waals surface area contributed by atoms with Gasteiger partial charge in [0.2, 0.25) is 35.4 Å². The molecule has 8 N–H and O–H groups in total. The third-order valence-corrected chi connectivity index (χ3v) is 21.0. The van der Waals surface area contributed by atoms with Gasteiger partial charge in [0, 0.05) is 70.9 Å². The number of aryl methyl sites for hydroxylation is 1. The van der Waals surface area contributed by atoms with E-state index in [2.05, 4.69) is 31.9 Å². The van der Waals surface area contributed by atoms with Crippen molar-refractivity contribution >= 4 is 76.6 Å². The van der Waals surface area contributed by atoms with Crippen LogP contribution in [0.3, 0.4) is 0 Å². The lowest BCUT2D eigenvalue weighted by Crippen LogP contribution is -2.59. The van der Waals surface area contributed by atoms with Crippen molar-refractivity contribution in [2.45, 2.75) is 247 Å². The van der Waals surface area contributed by atoms with Crippen LogP contribution in [0.1, 0.15) is 194 Å². The average Bonchev–Trinajstić information content (AvgIpc) is 1.38. The zero-order chi connectivity index (χ0) is 89.6. The van der Waals surface area contributed by atoms with Crippen LogP contribution in [0.4, 0.5) is 10.5 Å². The second kappa shape index (κ2) is 52.5. The van der Waals surface area contributed by atoms with Crippen LogP contribution in [0, 0.1) is 35.5 Å². The maximum absolute atomic E-state index is 14.7. The number of likely N-dealkylation sites (tertiary alicyclic amines) is 1. The second-order valence-corrected chi connectivity index (χ2v) is 34.5. The molecule has 1 aliphatic rings. The maximum atomic E-state index is 14.7. The van der Waals surface area contributed by atoms with Crippen LogP contribution in [0.25, 0.3) is 0 Å². The van der Waals surface area contributed by atoms with Gasteiger partial charge >= 0.3 is 18.0 Å². The summed E-state index contributed by atoms with van der Waals surface area (Å²) >= 11 is 0. The fourth-order valence-corrected chi connectivity index (χ4v) is 14.9. The Kier molecular flexibility index (Phi) is 45.3. The largest absolute Gasteiger partial charge is 0.460 e. The van der Waals surface area contributed by atoms with E-state index in [-0.39, 0.29) is 169 Å². The molecule has 672 valence electrons. The number of ether oxygens (including phenoxy) is 8. The van der Waals surface area contributed by atoms with Gasteiger partial charge in [-0.3, -0.25) is 57.6 Å². The number of primary amides is 1. The van der Waals surface area contributed by atoms with Crippen molar-refractivity contribution < 1.29 is 95.4 Å². The number of hydrogen-bond acceptors (Lipinski definition) is 21. The summed E-state index contributed by atoms with van der Waals surface area (Å²) in [6, 6.07) is 16.5. The number of amides is 9. The Labute approximate surface area is 712 Å². The van der Waals surface area contributed by atoms with Gasteiger partial charge < -0.3 is 85.3 Å². The minimum atomic E-state index is -0.954. The first kappa shape index (κ1) is 104. The van der Waals surface area contributed by atoms with Crippen LogP contribution in [-0.2, 0) is 112 Å². The molecule has 0 saturated carbocycles. The number of hydrogen-bond donors (Lipinski definition) is 7. The summed E-state index contributed by atoms with van der Waals surface area (Å²) in [5, 5.41) is 17.1. The van der Waals surface area contributed by atoms with Crippen LogP contribution >= 0.6 is 0 Å². The lowest BCUT2D eigenvalue weighted by molar-refractivity contribution is -0.154. The summed E-state index contributed by atoms with van der Waals surface area (Å²) in [5.74, 6) is -6.40. The van der Waals surface area contributed by atoms with E-state index < -0.39 is 113 Å². The first-order valence-corrected chi connectivity index (χ1v) is 42.4. The Morgan fingerprint density at radius 3 is 1.69 bits per heavy atom. The number of benzene rings is 3. The molecule has 0 aliphatic carbocycles. The van der Waals surface area contributed by atoms with Gasteiger partial charge in [0.25, 0.3) is 5.91 Å². The highest BCUT2D eigenvalue weighted by atomic mass is 16.6. The SMILES string of the molecule is CC[C@H](C)[C@@H]([C@@H](CC(=O)N1CCC[C@H]1[C@H](OC)[C@@H](C)C(=O)N[C@H](Cc1ccccc1)C(=O)CCCc1ccc(NC(=O)[C@@H](CCCNC(N)=O)CC(=O)[C@@H](NC(=O)COCCOCCOCCOCCNC(=O)c2cc(CC(=O)OC(C)(C)C)cc(CC(=O)OC(C)(C)C)c2)C(C)C)cc1)OC)N(C)C(=O)[C@H](NC(=O)[C@H](C(C)C)N(C)C)C(C)C. The minimum Gasteiger partial charge on any atom is -0.460 e. The summed E-state index contributed by atoms with van der Waals surface area (Å²) in [6.45, 7) is 29.4. The fraction of sp³-hybridized carbons (Fsp3) is 0.667. The van der Waals surface area contributed by atoms with Crippen LogP contribution in [-0.4, -0.2) is 253 Å². The third-order valence-electron chi connectivity index (χ3n) is 21.0. The molecule has 4 rings (SSSR count). The molecule has 0 aromatic heterocycles. The Morgan fingerprint density at radius 2 is 1.17 bits per heavy atom. The minimum absolute atomic E-state index is 0.00739. The highest BCUT2D eigenvalue weighted by Gasteiger charge is 2.44. The molecule has 3 aromatic rings. The molecule has 1 saturated heterocycles. The van der Waals surface area contributed by atoms with Crippen molar-refractivity contribution in [2.75, 3.05) is 113 Å². The van der Waals surface area contributed by atoms with Crippen molar-refractivity contribution in [1.29, 1.82) is 0 Å². The van der Waals surface area contributed by atoms with Crippen molar-refractivity contribution in [3.8, 4) is 0 Å². The number of urea groups is 1. The predicted octanol–water partition coefficient (Wildman–Crippen LogP) is 8.32. The summed E-state index contributed by atoms with van der Waals surface area (Å²) in [4.78, 5) is 168. The van der Waals surface area contributed by atoms with E-state index in [0.29, 0.717) is 61.9 Å². The van der Waals surface area contributed by atoms with Crippen molar-refractivity contribution in [1.82, 2.24) is 41.3 Å². The number of methoxy groups -OCH3 is 2. The molecule has 120 heavy (non-hydrogen) atoms. The van der Waals surface area contributed by atoms with E-state index in [0.717, 1.165) is 11.1 Å². The Hall–Kier alpha value is -8.78. The van der Waals surface area contributed by atoms with Gasteiger partial charge in [-0.2, -0.15) is 0 Å². The van der Waals surface area contributed by atoms with Gasteiger partial charge in [-0.25, -0.2) is 4.79 Å². The van der Waals surface area contributed by atoms with E-state index >= 15 is 0 Å². The van der Waals surface area contributed by atoms with Gasteiger partial charge in [0.15, 0.2) is 11.6 Å². The molecule has 11 atom stereocenters. The fourth-order valence-electron chi connectivity index (χ4n) is 14.9. The molecule has 0 unspecified atom stereocenters. The number of rotatable bonds is 55. The van der Waals surface area contributed by atoms with E-state index in [1.165, 1.54) is 14.2 Å². The molecular weight excluding hydrogens is 1540 g/mol. The van der Waals surface area contributed by atoms with Crippen LogP contribution in [0.5, 0.6) is 0 Å². The van der Waals surface area contributed by atoms with E-state index in [4.69, 9.17) is 43.6 Å². The molecule has 30 nitrogen and oxygen atoms in total. The highest BCUT2D eigenvalue weighted by Crippen LogP contribution is 2.31. The molecule has 30 heteroatoms. The number of esters is 2. The van der Waals surface area contributed by atoms with Crippen molar-refractivity contribution in [2.24, 2.45) is 41.2 Å². The van der Waals surface area contributed by atoms with Crippen molar-refractivity contribution in [3.63, 3.8) is 0 Å². The molecule has 9 amide bonds. The van der Waals surface area contributed by atoms with Crippen LogP contribution < -0.4 is 37.6 Å². The van der Waals surface area contributed by atoms with Crippen molar-refractivity contribution in [3.05, 3.63) is 101 Å². The summed E-state index contributed by atoms with van der Waals surface area (Å²) in [7, 11) is 8.44. The first-order valence-electron chi connectivity index (χ1n) is 42.4. The summed E-state index contributed by atoms with van der Waals surface area (Å²) < 4.78 is 45.6. The number of carbonyl (C=O) groups is 12. The van der Waals surface area contributed by atoms with Gasteiger partial charge in [-0.1, -0.05) is 117 Å². The topological polar surface area (TPSA) is 387 Å². The van der Waals surface area contributed by atoms with E-state index in [1.54, 1.807) is 109 Å². The number of nitrogens with zero attached hydrogens (tertiary/aromatic N) is 3. The molecule has 1 heterocycles. The van der Waals surface area contributed by atoms with E-state index in [1.807, 2.05) is 103 Å². The summed E-state index contributed by atoms with van der Waals surface area (Å²) in [5.41, 5.74) is 7.39. The number of ketones is 2. The molecule has 0 bridgehead atoms. The lowest BCUT2D eigenvalue weighted by Gasteiger charge is -2.41. The zero-order valence-corrected chi connectivity index (χ0v) is 75.1. The number of anilines is 1. The number of likely N-dealkylation sites (N-methyl/N-ethyl adjacent to an activating group) is 2. The lowest BCUT2D eigenvalue weighted by atomic mass is 9.89. The molecule has 1 fully saturated rings. The monoisotopic (exact) mass is 1680 g/mol. The Balaban J connectivity index is 1.27. The number of carbonyl (C=O) groups excluding carboxylic acids is 12. The van der Waals surface area contributed by atoms with Gasteiger partial charge in [-0.15, -0.1) is 0 Å². The standard InChI is InChI=1S/C90H142N10O20/c1-21-60(8)81(99(18)87(111)79(58(4)5)97-86(110)80(59(6)7)98(16)17)73(113-19)55-75(104)100-40-27-32-70(100)82(114-20)61(9)83(107)95-69(51-63-28-23-22-24-29-63)71(101)33-25-30-62-34-36-68(37-35-62)94-85(109)66(31-26-38-93-88(91)112)54-72(102)78(57(2)3)96-74(103)56-118-47-46-117-45-44-116-43-42-115-41-39-92-84(108)67-49-64(52-76(105)119-89(10,11)12)48-65(50-67)53-77(106)120-90(13,14)15/h22-24,28-29,34-37,48-50,57-61,66,69-70,73,78-82H,21,25-27,30-33,38-47,51-56H2,1-20H3,(H,92,108)(H,94,109)(H,95,107)(H,96,103)(H,97,110)(H3,91,93,112)/t60-,61+,66-,69+,70-,73+,78-,79+,80-,81-,82+/m0/s1. The molecular formula is C90H142N10O20. The van der Waals surface area contributed by atoms with Gasteiger partial charge in [0.1, 0.15) is 23.9 Å². The molecule has 1 aliphatic heterocycles. The number of nitrogens with one attached hydrogen (secondary N) is 6. The van der Waals surface area contributed by atoms with Gasteiger partial charge in [0.05, 0.1) is 114 Å². The summed E-state index contributed by atoms with van der Waals surface area (Å²) in [6.07, 6.45) is 1.77. The quantitative estimate of drug-likeness (QED) is 0.0206. The number of Topliss-reactive ketones (excluding diaryl/α,β-unsaturated/α-hetero) is 2. The van der Waals surface area contributed by atoms with Crippen LogP contribution in [0.15, 0.2) is 72.8 Å². The highest BCUT2D eigenvalue weighted by molar-refractivity contribution is 5.98. The zero-order valence-electron chi connectivity index (χ0n) is 75.1. The molecule has 3 aromatic carbocycles. The third kappa shape index (κ3) is 37.3. The first-order chi connectivity index (χ1) is 56.6. The average molecular weight is 1680 g/mol. The molecule has 0 spiro atoms. The Bertz CT molecular complexity index is 3680. The maximum Gasteiger partial charge on any atom is 0.312 e. The number of nitrogens with two attached hydrogens (primary N) is 1. The van der Waals surface area contributed by atoms with E-state index in [9.17, 15) is 57.5 Å². The smallest absolute Gasteiger partial charge is 0.312 e. The van der Waals surface area contributed by atoms with Crippen LogP contribution in [0.2, 0.25) is 0 Å². The Morgan fingerprint density at radius 1 is 0.592 bits per heavy atom. The second-order valence-electron chi connectivity index (χ2n) is 34.5. The molecule has 0 radical (unpaired) electrons. The normalized spacial score (nSPS) is 15.6. The van der Waals surface area contributed by atoms with Gasteiger partial charge in [-0.05, 0) is 171 Å².